The zero-order valence-electron chi connectivity index (χ0n) is 12.3. The molecule has 0 atom stereocenters. The van der Waals surface area contributed by atoms with Crippen molar-refractivity contribution >= 4 is 23.2 Å². The molecule has 1 aromatic rings. The van der Waals surface area contributed by atoms with Gasteiger partial charge in [-0.3, -0.25) is 15.6 Å². The van der Waals surface area contributed by atoms with Crippen molar-refractivity contribution in [1.29, 1.82) is 0 Å². The minimum Gasteiger partial charge on any atom is -0.361 e. The molecule has 0 fully saturated rings. The van der Waals surface area contributed by atoms with Crippen LogP contribution in [0.2, 0.25) is 0 Å². The van der Waals surface area contributed by atoms with Gasteiger partial charge >= 0.3 is 6.18 Å². The molecule has 0 saturated heterocycles. The number of rotatable bonds is 4. The molecular formula is C14H18F3N3OS. The van der Waals surface area contributed by atoms with Crippen LogP contribution >= 0.6 is 12.2 Å². The van der Waals surface area contributed by atoms with Gasteiger partial charge < -0.3 is 5.32 Å². The van der Waals surface area contributed by atoms with Crippen molar-refractivity contribution in [2.24, 2.45) is 5.92 Å². The van der Waals surface area contributed by atoms with Crippen LogP contribution in [0.3, 0.4) is 0 Å². The van der Waals surface area contributed by atoms with E-state index in [1.54, 1.807) is 0 Å². The third-order valence-corrected chi connectivity index (χ3v) is 3.00. The smallest absolute Gasteiger partial charge is 0.361 e. The fourth-order valence-electron chi connectivity index (χ4n) is 1.54. The first-order chi connectivity index (χ1) is 10.2. The number of nitrogens with one attached hydrogen (secondary N) is 3. The van der Waals surface area contributed by atoms with Crippen molar-refractivity contribution in [3.63, 3.8) is 0 Å². The second kappa shape index (κ2) is 7.98. The molecule has 0 radical (unpaired) electrons. The van der Waals surface area contributed by atoms with Crippen LogP contribution in [0.1, 0.15) is 36.2 Å². The summed E-state index contributed by atoms with van der Waals surface area (Å²) < 4.78 is 37.7. The molecule has 0 aromatic heterocycles. The van der Waals surface area contributed by atoms with E-state index in [0.29, 0.717) is 12.5 Å². The topological polar surface area (TPSA) is 53.2 Å². The van der Waals surface area contributed by atoms with E-state index < -0.39 is 17.6 Å². The molecule has 3 N–H and O–H groups in total. The number of thiocarbonyl (C=S) groups is 1. The fraction of sp³-hybridized carbons (Fsp3) is 0.429. The van der Waals surface area contributed by atoms with Crippen LogP contribution in [0.25, 0.3) is 0 Å². The summed E-state index contributed by atoms with van der Waals surface area (Å²) in [4.78, 5) is 11.8. The number of alkyl halides is 3. The van der Waals surface area contributed by atoms with Crippen molar-refractivity contribution in [2.45, 2.75) is 26.4 Å². The number of carbonyl (C=O) groups excluding carboxylic acids is 1. The van der Waals surface area contributed by atoms with E-state index in [1.807, 2.05) is 0 Å². The number of benzene rings is 1. The van der Waals surface area contributed by atoms with Crippen molar-refractivity contribution in [2.75, 3.05) is 6.54 Å². The molecule has 0 aliphatic rings. The lowest BCUT2D eigenvalue weighted by atomic mass is 10.1. The zero-order valence-corrected chi connectivity index (χ0v) is 13.1. The maximum atomic E-state index is 12.6. The Morgan fingerprint density at radius 2 is 1.95 bits per heavy atom. The third-order valence-electron chi connectivity index (χ3n) is 2.75. The number of hydrazine groups is 1. The highest BCUT2D eigenvalue weighted by molar-refractivity contribution is 7.80. The van der Waals surface area contributed by atoms with E-state index >= 15 is 0 Å². The van der Waals surface area contributed by atoms with E-state index in [0.717, 1.165) is 18.6 Å². The molecule has 22 heavy (non-hydrogen) atoms. The predicted molar refractivity (Wildman–Crippen MR) is 82.1 cm³/mol. The average molecular weight is 333 g/mol. The van der Waals surface area contributed by atoms with Gasteiger partial charge in [0.2, 0.25) is 0 Å². The fourth-order valence-corrected chi connectivity index (χ4v) is 1.69. The molecule has 0 unspecified atom stereocenters. The maximum absolute atomic E-state index is 12.6. The monoisotopic (exact) mass is 333 g/mol. The van der Waals surface area contributed by atoms with E-state index in [2.05, 4.69) is 30.0 Å². The minimum absolute atomic E-state index is 0.104. The lowest BCUT2D eigenvalue weighted by molar-refractivity contribution is -0.137. The zero-order chi connectivity index (χ0) is 16.8. The Hall–Kier alpha value is -1.83. The SMILES string of the molecule is CC(C)CCNC(=S)NNC(=O)c1cccc(C(F)(F)F)c1. The quantitative estimate of drug-likeness (QED) is 0.586. The highest BCUT2D eigenvalue weighted by Crippen LogP contribution is 2.29. The third kappa shape index (κ3) is 6.30. The Morgan fingerprint density at radius 3 is 2.55 bits per heavy atom. The van der Waals surface area contributed by atoms with Gasteiger partial charge in [-0.2, -0.15) is 13.2 Å². The highest BCUT2D eigenvalue weighted by atomic mass is 32.1. The van der Waals surface area contributed by atoms with Gasteiger partial charge in [-0.15, -0.1) is 0 Å². The number of hydrogen-bond acceptors (Lipinski definition) is 2. The van der Waals surface area contributed by atoms with Gasteiger partial charge in [0.1, 0.15) is 0 Å². The van der Waals surface area contributed by atoms with Crippen LogP contribution in [-0.2, 0) is 6.18 Å². The van der Waals surface area contributed by atoms with Gasteiger partial charge in [0.05, 0.1) is 5.56 Å². The summed E-state index contributed by atoms with van der Waals surface area (Å²) in [7, 11) is 0. The number of hydrogen-bond donors (Lipinski definition) is 3. The number of amides is 1. The predicted octanol–water partition coefficient (Wildman–Crippen LogP) is 2.86. The molecule has 1 aromatic carbocycles. The van der Waals surface area contributed by atoms with Crippen LogP contribution in [-0.4, -0.2) is 17.6 Å². The van der Waals surface area contributed by atoms with Crippen molar-refractivity contribution < 1.29 is 18.0 Å². The summed E-state index contributed by atoms with van der Waals surface area (Å²) in [6, 6.07) is 4.16. The number of carbonyl (C=O) groups is 1. The summed E-state index contributed by atoms with van der Waals surface area (Å²) in [5.74, 6) is -0.186. The van der Waals surface area contributed by atoms with Crippen LogP contribution < -0.4 is 16.2 Å². The van der Waals surface area contributed by atoms with E-state index in [9.17, 15) is 18.0 Å². The summed E-state index contributed by atoms with van der Waals surface area (Å²) in [5, 5.41) is 3.09. The van der Waals surface area contributed by atoms with Crippen molar-refractivity contribution in [3.8, 4) is 0 Å². The van der Waals surface area contributed by atoms with Gasteiger partial charge in [-0.1, -0.05) is 19.9 Å². The van der Waals surface area contributed by atoms with Gasteiger partial charge in [-0.25, -0.2) is 0 Å². The van der Waals surface area contributed by atoms with E-state index in [-0.39, 0.29) is 10.7 Å². The summed E-state index contributed by atoms with van der Waals surface area (Å²) in [6.45, 7) is 4.77. The molecule has 1 rings (SSSR count). The van der Waals surface area contributed by atoms with Gasteiger partial charge in [0, 0.05) is 12.1 Å². The molecule has 0 aliphatic carbocycles. The minimum atomic E-state index is -4.49. The first-order valence-electron chi connectivity index (χ1n) is 6.71. The molecule has 0 bridgehead atoms. The average Bonchev–Trinajstić information content (AvgIpc) is 2.43. The molecule has 0 aliphatic heterocycles. The Morgan fingerprint density at radius 1 is 1.27 bits per heavy atom. The Kier molecular flexibility index (Phi) is 6.61. The van der Waals surface area contributed by atoms with Crippen molar-refractivity contribution in [3.05, 3.63) is 35.4 Å². The Labute approximate surface area is 132 Å². The van der Waals surface area contributed by atoms with Gasteiger partial charge in [-0.05, 0) is 42.8 Å². The van der Waals surface area contributed by atoms with Gasteiger partial charge in [0.25, 0.3) is 5.91 Å². The normalized spacial score (nSPS) is 11.2. The van der Waals surface area contributed by atoms with Gasteiger partial charge in [0.15, 0.2) is 5.11 Å². The van der Waals surface area contributed by atoms with E-state index in [4.69, 9.17) is 12.2 Å². The van der Waals surface area contributed by atoms with Crippen LogP contribution in [0, 0.1) is 5.92 Å². The second-order valence-electron chi connectivity index (χ2n) is 5.10. The lowest BCUT2D eigenvalue weighted by Gasteiger charge is -2.13. The summed E-state index contributed by atoms with van der Waals surface area (Å²) in [6.07, 6.45) is -3.58. The first-order valence-corrected chi connectivity index (χ1v) is 7.12. The lowest BCUT2D eigenvalue weighted by Crippen LogP contribution is -2.47. The summed E-state index contributed by atoms with van der Waals surface area (Å²) in [5.41, 5.74) is 3.73. The molecule has 8 heteroatoms. The maximum Gasteiger partial charge on any atom is 0.416 e. The van der Waals surface area contributed by atoms with Crippen LogP contribution in [0.5, 0.6) is 0 Å². The van der Waals surface area contributed by atoms with E-state index in [1.165, 1.54) is 12.1 Å². The summed E-state index contributed by atoms with van der Waals surface area (Å²) >= 11 is 4.94. The highest BCUT2D eigenvalue weighted by Gasteiger charge is 2.30. The molecule has 1 amide bonds. The molecule has 4 nitrogen and oxygen atoms in total. The molecular weight excluding hydrogens is 315 g/mol. The standard InChI is InChI=1S/C14H18F3N3OS/c1-9(2)6-7-18-13(22)20-19-12(21)10-4-3-5-11(8-10)14(15,16)17/h3-5,8-9H,6-7H2,1-2H3,(H,19,21)(H2,18,20,22). The second-order valence-corrected chi connectivity index (χ2v) is 5.50. The van der Waals surface area contributed by atoms with Crippen molar-refractivity contribution in [1.82, 2.24) is 16.2 Å². The molecule has 0 spiro atoms. The number of halogens is 3. The first kappa shape index (κ1) is 18.2. The largest absolute Gasteiger partial charge is 0.416 e. The molecule has 0 heterocycles. The molecule has 122 valence electrons. The Balaban J connectivity index is 2.50. The Bertz CT molecular complexity index is 532. The van der Waals surface area contributed by atoms with Crippen LogP contribution in [0.4, 0.5) is 13.2 Å². The van der Waals surface area contributed by atoms with Crippen LogP contribution in [0.15, 0.2) is 24.3 Å². The molecule has 0 saturated carbocycles.